The predicted octanol–water partition coefficient (Wildman–Crippen LogP) is 1.43. The van der Waals surface area contributed by atoms with Crippen molar-refractivity contribution in [1.82, 2.24) is 19.7 Å². The van der Waals surface area contributed by atoms with Gasteiger partial charge in [0.2, 0.25) is 5.91 Å². The molecule has 0 unspecified atom stereocenters. The number of likely N-dealkylation sites (N-methyl/N-ethyl adjacent to an activating group) is 1. The maximum atomic E-state index is 11.8. The van der Waals surface area contributed by atoms with E-state index in [1.54, 1.807) is 23.0 Å². The van der Waals surface area contributed by atoms with Crippen molar-refractivity contribution in [2.45, 2.75) is 13.0 Å². The molecule has 0 aliphatic carbocycles. The zero-order valence-electron chi connectivity index (χ0n) is 11.9. The van der Waals surface area contributed by atoms with E-state index < -0.39 is 0 Å². The van der Waals surface area contributed by atoms with Gasteiger partial charge in [0.15, 0.2) is 0 Å². The van der Waals surface area contributed by atoms with Crippen LogP contribution in [0.25, 0.3) is 5.69 Å². The Kier molecular flexibility index (Phi) is 4.47. The average molecular weight is 274 g/mol. The van der Waals surface area contributed by atoms with Crippen molar-refractivity contribution in [2.24, 2.45) is 0 Å². The van der Waals surface area contributed by atoms with Crippen LogP contribution in [-0.2, 0) is 9.53 Å². The van der Waals surface area contributed by atoms with E-state index in [0.717, 1.165) is 11.3 Å². The highest BCUT2D eigenvalue weighted by Crippen LogP contribution is 2.20. The summed E-state index contributed by atoms with van der Waals surface area (Å²) in [5, 5.41) is 4.07. The van der Waals surface area contributed by atoms with Crippen molar-refractivity contribution in [3.05, 3.63) is 42.5 Å². The van der Waals surface area contributed by atoms with Crippen molar-refractivity contribution in [2.75, 3.05) is 20.8 Å². The molecule has 20 heavy (non-hydrogen) atoms. The standard InChI is InChI=1S/C14H18N4O2/c1-11(17(2)14(19)8-20-3)12-4-6-13(7-5-12)18-10-15-9-16-18/h4-7,9-11H,8H2,1-3H3/t11-/m0/s1. The third-order valence-corrected chi connectivity index (χ3v) is 3.30. The molecule has 1 atom stereocenters. The number of rotatable bonds is 5. The number of carbonyl (C=O) groups is 1. The second-order valence-corrected chi connectivity index (χ2v) is 4.55. The second-order valence-electron chi connectivity index (χ2n) is 4.55. The van der Waals surface area contributed by atoms with Gasteiger partial charge in [-0.05, 0) is 24.6 Å². The number of ether oxygens (including phenoxy) is 1. The number of hydrogen-bond donors (Lipinski definition) is 0. The molecule has 0 aliphatic heterocycles. The van der Waals surface area contributed by atoms with Crippen molar-refractivity contribution < 1.29 is 9.53 Å². The first-order chi connectivity index (χ1) is 9.63. The number of benzene rings is 1. The Bertz CT molecular complexity index is 551. The van der Waals surface area contributed by atoms with Crippen LogP contribution in [0, 0.1) is 0 Å². The minimum absolute atomic E-state index is 0.0116. The van der Waals surface area contributed by atoms with Gasteiger partial charge in [0, 0.05) is 14.2 Å². The van der Waals surface area contributed by atoms with Gasteiger partial charge in [-0.1, -0.05) is 12.1 Å². The van der Waals surface area contributed by atoms with E-state index >= 15 is 0 Å². The second kappa shape index (κ2) is 6.29. The molecule has 0 saturated heterocycles. The van der Waals surface area contributed by atoms with Crippen LogP contribution in [0.3, 0.4) is 0 Å². The van der Waals surface area contributed by atoms with Gasteiger partial charge in [-0.3, -0.25) is 4.79 Å². The normalized spacial score (nSPS) is 12.2. The fourth-order valence-corrected chi connectivity index (χ4v) is 1.91. The lowest BCUT2D eigenvalue weighted by atomic mass is 10.1. The molecule has 0 saturated carbocycles. The fraction of sp³-hybridized carbons (Fsp3) is 0.357. The van der Waals surface area contributed by atoms with Crippen molar-refractivity contribution in [1.29, 1.82) is 0 Å². The summed E-state index contributed by atoms with van der Waals surface area (Å²) in [6.45, 7) is 2.08. The third kappa shape index (κ3) is 3.03. The molecular formula is C14H18N4O2. The van der Waals surface area contributed by atoms with Gasteiger partial charge in [-0.2, -0.15) is 5.10 Å². The lowest BCUT2D eigenvalue weighted by molar-refractivity contribution is -0.135. The molecule has 106 valence electrons. The zero-order chi connectivity index (χ0) is 14.5. The van der Waals surface area contributed by atoms with Crippen molar-refractivity contribution >= 4 is 5.91 Å². The Morgan fingerprint density at radius 1 is 1.40 bits per heavy atom. The number of methoxy groups -OCH3 is 1. The molecule has 6 nitrogen and oxygen atoms in total. The molecule has 1 aromatic heterocycles. The fourth-order valence-electron chi connectivity index (χ4n) is 1.91. The van der Waals surface area contributed by atoms with Crippen LogP contribution in [0.15, 0.2) is 36.9 Å². The summed E-state index contributed by atoms with van der Waals surface area (Å²) >= 11 is 0. The molecule has 2 rings (SSSR count). The van der Waals surface area contributed by atoms with Crippen LogP contribution in [0.1, 0.15) is 18.5 Å². The first-order valence-corrected chi connectivity index (χ1v) is 6.33. The molecule has 0 N–H and O–H groups in total. The topological polar surface area (TPSA) is 60.2 Å². The van der Waals surface area contributed by atoms with Gasteiger partial charge in [0.25, 0.3) is 0 Å². The molecule has 0 spiro atoms. The first kappa shape index (κ1) is 14.2. The Hall–Kier alpha value is -2.21. The largest absolute Gasteiger partial charge is 0.375 e. The molecule has 1 amide bonds. The Balaban J connectivity index is 2.11. The smallest absolute Gasteiger partial charge is 0.248 e. The minimum atomic E-state index is -0.0413. The highest BCUT2D eigenvalue weighted by atomic mass is 16.5. The summed E-state index contributed by atoms with van der Waals surface area (Å²) in [6.07, 6.45) is 3.14. The van der Waals surface area contributed by atoms with Gasteiger partial charge in [-0.15, -0.1) is 0 Å². The summed E-state index contributed by atoms with van der Waals surface area (Å²) in [5.41, 5.74) is 1.99. The summed E-state index contributed by atoms with van der Waals surface area (Å²) in [4.78, 5) is 17.4. The van der Waals surface area contributed by atoms with E-state index in [-0.39, 0.29) is 18.6 Å². The molecule has 0 aliphatic rings. The Labute approximate surface area is 118 Å². The quantitative estimate of drug-likeness (QED) is 0.827. The molecule has 0 bridgehead atoms. The predicted molar refractivity (Wildman–Crippen MR) is 74.4 cm³/mol. The highest BCUT2D eigenvalue weighted by Gasteiger charge is 2.16. The summed E-state index contributed by atoms with van der Waals surface area (Å²) < 4.78 is 6.56. The maximum absolute atomic E-state index is 11.8. The van der Waals surface area contributed by atoms with Crippen LogP contribution in [0.4, 0.5) is 0 Å². The molecule has 0 radical (unpaired) electrons. The lowest BCUT2D eigenvalue weighted by Crippen LogP contribution is -2.32. The molecule has 1 aromatic carbocycles. The number of hydrogen-bond acceptors (Lipinski definition) is 4. The molecular weight excluding hydrogens is 256 g/mol. The van der Waals surface area contributed by atoms with E-state index in [1.165, 1.54) is 13.4 Å². The van der Waals surface area contributed by atoms with Crippen molar-refractivity contribution in [3.8, 4) is 5.69 Å². The summed E-state index contributed by atoms with van der Waals surface area (Å²) in [7, 11) is 3.29. The van der Waals surface area contributed by atoms with Gasteiger partial charge in [0.1, 0.15) is 19.3 Å². The number of aromatic nitrogens is 3. The zero-order valence-corrected chi connectivity index (χ0v) is 11.9. The Morgan fingerprint density at radius 3 is 2.65 bits per heavy atom. The van der Waals surface area contributed by atoms with E-state index in [1.807, 2.05) is 31.2 Å². The van der Waals surface area contributed by atoms with Crippen LogP contribution in [-0.4, -0.2) is 46.3 Å². The molecule has 1 heterocycles. The van der Waals surface area contributed by atoms with E-state index in [2.05, 4.69) is 10.1 Å². The van der Waals surface area contributed by atoms with Gasteiger partial charge < -0.3 is 9.64 Å². The molecule has 2 aromatic rings. The van der Waals surface area contributed by atoms with Gasteiger partial charge in [-0.25, -0.2) is 9.67 Å². The minimum Gasteiger partial charge on any atom is -0.375 e. The van der Waals surface area contributed by atoms with E-state index in [0.29, 0.717) is 0 Å². The monoisotopic (exact) mass is 274 g/mol. The summed E-state index contributed by atoms with van der Waals surface area (Å²) in [5.74, 6) is -0.0413. The van der Waals surface area contributed by atoms with Crippen LogP contribution in [0.5, 0.6) is 0 Å². The number of carbonyl (C=O) groups excluding carboxylic acids is 1. The van der Waals surface area contributed by atoms with Crippen LogP contribution in [0.2, 0.25) is 0 Å². The maximum Gasteiger partial charge on any atom is 0.248 e. The average Bonchev–Trinajstić information content (AvgIpc) is 3.00. The molecule has 6 heteroatoms. The van der Waals surface area contributed by atoms with Crippen LogP contribution >= 0.6 is 0 Å². The third-order valence-electron chi connectivity index (χ3n) is 3.30. The number of amides is 1. The lowest BCUT2D eigenvalue weighted by Gasteiger charge is -2.25. The van der Waals surface area contributed by atoms with Crippen molar-refractivity contribution in [3.63, 3.8) is 0 Å². The van der Waals surface area contributed by atoms with Crippen LogP contribution < -0.4 is 0 Å². The number of nitrogens with zero attached hydrogens (tertiary/aromatic N) is 4. The van der Waals surface area contributed by atoms with Gasteiger partial charge in [0.05, 0.1) is 11.7 Å². The first-order valence-electron chi connectivity index (χ1n) is 6.33. The van der Waals surface area contributed by atoms with E-state index in [9.17, 15) is 4.79 Å². The van der Waals surface area contributed by atoms with E-state index in [4.69, 9.17) is 4.74 Å². The van der Waals surface area contributed by atoms with Gasteiger partial charge >= 0.3 is 0 Å². The highest BCUT2D eigenvalue weighted by molar-refractivity contribution is 5.77. The summed E-state index contributed by atoms with van der Waals surface area (Å²) in [6, 6.07) is 7.86. The SMILES string of the molecule is COCC(=O)N(C)[C@@H](C)c1ccc(-n2cncn2)cc1. The molecule has 0 fully saturated rings. The Morgan fingerprint density at radius 2 is 2.10 bits per heavy atom.